The Balaban J connectivity index is 2.67. The summed E-state index contributed by atoms with van der Waals surface area (Å²) in [4.78, 5) is 10.8. The van der Waals surface area contributed by atoms with E-state index in [1.165, 1.54) is 0 Å². The predicted octanol–water partition coefficient (Wildman–Crippen LogP) is 2.43. The first-order valence-electron chi connectivity index (χ1n) is 5.24. The lowest BCUT2D eigenvalue weighted by Gasteiger charge is -2.10. The summed E-state index contributed by atoms with van der Waals surface area (Å²) in [5.74, 6) is -1.26. The third-order valence-corrected chi connectivity index (χ3v) is 2.96. The number of aromatic nitrogens is 1. The number of carboxylic acid groups (broad SMARTS) is 1. The van der Waals surface area contributed by atoms with E-state index < -0.39 is 12.1 Å². The summed E-state index contributed by atoms with van der Waals surface area (Å²) < 4.78 is 1.77. The largest absolute Gasteiger partial charge is 0.479 e. The van der Waals surface area contributed by atoms with Crippen LogP contribution in [0, 0.1) is 0 Å². The normalized spacial score (nSPS) is 12.9. The zero-order valence-electron chi connectivity index (χ0n) is 9.22. The van der Waals surface area contributed by atoms with Gasteiger partial charge in [-0.15, -0.1) is 0 Å². The Labute approximate surface area is 103 Å². The molecule has 90 valence electrons. The van der Waals surface area contributed by atoms with E-state index in [4.69, 9.17) is 16.7 Å². The highest BCUT2D eigenvalue weighted by Gasteiger charge is 2.21. The summed E-state index contributed by atoms with van der Waals surface area (Å²) in [7, 11) is 0. The first kappa shape index (κ1) is 12.0. The molecule has 0 radical (unpaired) electrons. The number of hydrogen-bond acceptors (Lipinski definition) is 2. The van der Waals surface area contributed by atoms with Gasteiger partial charge in [0.25, 0.3) is 0 Å². The molecule has 0 aliphatic carbocycles. The highest BCUT2D eigenvalue weighted by Crippen LogP contribution is 2.27. The number of carboxylic acids is 1. The molecule has 0 spiro atoms. The minimum Gasteiger partial charge on any atom is -0.479 e. The van der Waals surface area contributed by atoms with Crippen LogP contribution in [-0.2, 0) is 11.3 Å². The molecule has 0 fully saturated rings. The smallest absolute Gasteiger partial charge is 0.338 e. The fourth-order valence-electron chi connectivity index (χ4n) is 1.97. The van der Waals surface area contributed by atoms with Crippen molar-refractivity contribution in [1.29, 1.82) is 0 Å². The van der Waals surface area contributed by atoms with Crippen LogP contribution in [0.3, 0.4) is 0 Å². The van der Waals surface area contributed by atoms with Crippen molar-refractivity contribution < 1.29 is 15.0 Å². The number of hydrogen-bond donors (Lipinski definition) is 2. The highest BCUT2D eigenvalue weighted by atomic mass is 35.5. The molecule has 0 amide bonds. The minimum atomic E-state index is -1.51. The van der Waals surface area contributed by atoms with Gasteiger partial charge in [0.05, 0.1) is 5.69 Å². The standard InChI is InChI=1S/C12H12ClNO3/c1-2-14-9-4-3-8(13)5-7(9)6-10(14)11(15)12(16)17/h3-6,11,15H,2H2,1H3,(H,16,17). The van der Waals surface area contributed by atoms with Gasteiger partial charge in [-0.3, -0.25) is 0 Å². The second kappa shape index (κ2) is 4.39. The maximum Gasteiger partial charge on any atom is 0.338 e. The summed E-state index contributed by atoms with van der Waals surface area (Å²) in [5, 5.41) is 19.9. The third-order valence-electron chi connectivity index (χ3n) is 2.73. The monoisotopic (exact) mass is 253 g/mol. The minimum absolute atomic E-state index is 0.372. The topological polar surface area (TPSA) is 62.5 Å². The number of aliphatic carboxylic acids is 1. The van der Waals surface area contributed by atoms with Gasteiger partial charge in [0.15, 0.2) is 6.10 Å². The van der Waals surface area contributed by atoms with E-state index in [1.807, 2.05) is 13.0 Å². The van der Waals surface area contributed by atoms with Crippen molar-refractivity contribution in [3.05, 3.63) is 35.0 Å². The number of aliphatic hydroxyl groups excluding tert-OH is 1. The van der Waals surface area contributed by atoms with E-state index in [-0.39, 0.29) is 0 Å². The zero-order chi connectivity index (χ0) is 12.6. The molecule has 0 aliphatic rings. The quantitative estimate of drug-likeness (QED) is 0.883. The summed E-state index contributed by atoms with van der Waals surface area (Å²) in [6.45, 7) is 2.48. The van der Waals surface area contributed by atoms with Gasteiger partial charge in [-0.05, 0) is 31.2 Å². The van der Waals surface area contributed by atoms with Crippen LogP contribution in [0.1, 0.15) is 18.7 Å². The van der Waals surface area contributed by atoms with Crippen LogP contribution >= 0.6 is 11.6 Å². The van der Waals surface area contributed by atoms with Crippen LogP contribution in [0.2, 0.25) is 5.02 Å². The molecule has 0 saturated carbocycles. The lowest BCUT2D eigenvalue weighted by molar-refractivity contribution is -0.147. The fraction of sp³-hybridized carbons (Fsp3) is 0.250. The average Bonchev–Trinajstić information content (AvgIpc) is 2.64. The van der Waals surface area contributed by atoms with Crippen LogP contribution in [-0.4, -0.2) is 20.7 Å². The molecule has 17 heavy (non-hydrogen) atoms. The Kier molecular flexibility index (Phi) is 3.09. The van der Waals surface area contributed by atoms with Crippen LogP contribution < -0.4 is 0 Å². The number of fused-ring (bicyclic) bond motifs is 1. The molecule has 0 saturated heterocycles. The van der Waals surface area contributed by atoms with Crippen molar-refractivity contribution in [3.63, 3.8) is 0 Å². The number of aliphatic hydroxyl groups is 1. The molecule has 1 atom stereocenters. The van der Waals surface area contributed by atoms with Crippen molar-refractivity contribution in [2.45, 2.75) is 19.6 Å². The van der Waals surface area contributed by atoms with Gasteiger partial charge in [-0.1, -0.05) is 11.6 Å². The molecule has 2 N–H and O–H groups in total. The van der Waals surface area contributed by atoms with Crippen LogP contribution in [0.5, 0.6) is 0 Å². The summed E-state index contributed by atoms with van der Waals surface area (Å²) in [6, 6.07) is 6.97. The Morgan fingerprint density at radius 3 is 2.76 bits per heavy atom. The zero-order valence-corrected chi connectivity index (χ0v) is 9.98. The molecule has 0 aliphatic heterocycles. The molecule has 4 nitrogen and oxygen atoms in total. The lowest BCUT2D eigenvalue weighted by Crippen LogP contribution is -2.14. The van der Waals surface area contributed by atoms with Gasteiger partial charge in [0, 0.05) is 22.5 Å². The number of nitrogens with zero attached hydrogens (tertiary/aromatic N) is 1. The molecule has 5 heteroatoms. The number of carbonyl (C=O) groups is 1. The Morgan fingerprint density at radius 1 is 1.47 bits per heavy atom. The van der Waals surface area contributed by atoms with Crippen LogP contribution in [0.25, 0.3) is 10.9 Å². The van der Waals surface area contributed by atoms with Gasteiger partial charge in [-0.2, -0.15) is 0 Å². The SMILES string of the molecule is CCn1c(C(O)C(=O)O)cc2cc(Cl)ccc21. The number of halogens is 1. The van der Waals surface area contributed by atoms with Gasteiger partial charge < -0.3 is 14.8 Å². The first-order chi connectivity index (χ1) is 8.04. The maximum atomic E-state index is 10.8. The second-order valence-corrected chi connectivity index (χ2v) is 4.19. The van der Waals surface area contributed by atoms with Gasteiger partial charge in [0.1, 0.15) is 0 Å². The Morgan fingerprint density at radius 2 is 2.18 bits per heavy atom. The molecule has 1 unspecified atom stereocenters. The fourth-order valence-corrected chi connectivity index (χ4v) is 2.15. The van der Waals surface area contributed by atoms with Crippen molar-refractivity contribution >= 4 is 28.5 Å². The number of aryl methyl sites for hydroxylation is 1. The second-order valence-electron chi connectivity index (χ2n) is 3.76. The van der Waals surface area contributed by atoms with E-state index >= 15 is 0 Å². The Bertz CT molecular complexity index is 576. The molecular formula is C12H12ClNO3. The average molecular weight is 254 g/mol. The highest BCUT2D eigenvalue weighted by molar-refractivity contribution is 6.31. The number of benzene rings is 1. The van der Waals surface area contributed by atoms with Crippen molar-refractivity contribution in [2.75, 3.05) is 0 Å². The van der Waals surface area contributed by atoms with E-state index in [1.54, 1.807) is 22.8 Å². The third kappa shape index (κ3) is 2.01. The van der Waals surface area contributed by atoms with Crippen molar-refractivity contribution in [3.8, 4) is 0 Å². The van der Waals surface area contributed by atoms with Gasteiger partial charge in [-0.25, -0.2) is 4.79 Å². The van der Waals surface area contributed by atoms with Crippen molar-refractivity contribution in [1.82, 2.24) is 4.57 Å². The van der Waals surface area contributed by atoms with E-state index in [9.17, 15) is 9.90 Å². The molecule has 1 heterocycles. The molecule has 2 rings (SSSR count). The first-order valence-corrected chi connectivity index (χ1v) is 5.62. The molecular weight excluding hydrogens is 242 g/mol. The summed E-state index contributed by atoms with van der Waals surface area (Å²) in [6.07, 6.45) is -1.51. The van der Waals surface area contributed by atoms with E-state index in [0.29, 0.717) is 17.3 Å². The summed E-state index contributed by atoms with van der Waals surface area (Å²) in [5.41, 5.74) is 1.24. The molecule has 2 aromatic rings. The lowest BCUT2D eigenvalue weighted by atomic mass is 10.2. The molecule has 0 bridgehead atoms. The van der Waals surface area contributed by atoms with Crippen LogP contribution in [0.4, 0.5) is 0 Å². The van der Waals surface area contributed by atoms with Gasteiger partial charge in [0.2, 0.25) is 0 Å². The van der Waals surface area contributed by atoms with Gasteiger partial charge >= 0.3 is 5.97 Å². The molecule has 1 aromatic carbocycles. The van der Waals surface area contributed by atoms with Crippen molar-refractivity contribution in [2.24, 2.45) is 0 Å². The van der Waals surface area contributed by atoms with E-state index in [2.05, 4.69) is 0 Å². The van der Waals surface area contributed by atoms with E-state index in [0.717, 1.165) is 10.9 Å². The number of rotatable bonds is 3. The summed E-state index contributed by atoms with van der Waals surface area (Å²) >= 11 is 5.88. The maximum absolute atomic E-state index is 10.8. The van der Waals surface area contributed by atoms with Crippen LogP contribution in [0.15, 0.2) is 24.3 Å². The Hall–Kier alpha value is -1.52. The predicted molar refractivity (Wildman–Crippen MR) is 65.2 cm³/mol. The molecule has 1 aromatic heterocycles.